The van der Waals surface area contributed by atoms with E-state index in [2.05, 4.69) is 11.8 Å². The van der Waals surface area contributed by atoms with Crippen LogP contribution in [-0.4, -0.2) is 41.1 Å². The molecule has 0 bridgehead atoms. The fraction of sp³-hybridized carbons (Fsp3) is 1.00. The highest BCUT2D eigenvalue weighted by Gasteiger charge is 2.19. The molecule has 1 fully saturated rings. The molecule has 0 saturated carbocycles. The number of nitrogens with zero attached hydrogens (tertiary/aromatic N) is 1. The van der Waals surface area contributed by atoms with Crippen LogP contribution < -0.4 is 0 Å². The van der Waals surface area contributed by atoms with E-state index in [1.54, 1.807) is 0 Å². The van der Waals surface area contributed by atoms with Crippen LogP contribution in [0, 0.1) is 0 Å². The summed E-state index contributed by atoms with van der Waals surface area (Å²) in [5, 5.41) is 9.35. The number of hydrogen-bond donors (Lipinski definition) is 1. The van der Waals surface area contributed by atoms with Crippen LogP contribution in [0.15, 0.2) is 0 Å². The van der Waals surface area contributed by atoms with Gasteiger partial charge in [0.25, 0.3) is 0 Å². The third-order valence-corrected chi connectivity index (χ3v) is 2.92. The molecule has 1 rings (SSSR count). The summed E-state index contributed by atoms with van der Waals surface area (Å²) in [6.07, 6.45) is 3.50. The molecule has 2 atom stereocenters. The average Bonchev–Trinajstić information content (AvgIpc) is 2.09. The summed E-state index contributed by atoms with van der Waals surface area (Å²) in [4.78, 5) is 2.33. The number of aliphatic hydroxyl groups excluding tert-OH is 1. The summed E-state index contributed by atoms with van der Waals surface area (Å²) in [5.41, 5.74) is 0. The number of β-amino-alcohol motifs (C(OH)–C–C–N with tert-alkyl or cyclic N) is 1. The topological polar surface area (TPSA) is 23.5 Å². The molecule has 2 nitrogen and oxygen atoms in total. The first-order chi connectivity index (χ1) is 5.74. The van der Waals surface area contributed by atoms with Gasteiger partial charge < -0.3 is 5.11 Å². The molecule has 0 spiro atoms. The number of alkyl halides is 1. The van der Waals surface area contributed by atoms with E-state index in [0.717, 1.165) is 13.1 Å². The Bertz CT molecular complexity index is 132. The van der Waals surface area contributed by atoms with Crippen molar-refractivity contribution in [3.05, 3.63) is 0 Å². The Morgan fingerprint density at radius 1 is 1.58 bits per heavy atom. The zero-order valence-corrected chi connectivity index (χ0v) is 8.43. The van der Waals surface area contributed by atoms with E-state index in [4.69, 9.17) is 11.6 Å². The minimum atomic E-state index is -0.354. The number of aliphatic hydroxyl groups is 1. The lowest BCUT2D eigenvalue weighted by atomic mass is 10.0. The molecular formula is C9H18ClNO. The predicted molar refractivity (Wildman–Crippen MR) is 51.6 cm³/mol. The van der Waals surface area contributed by atoms with Crippen LogP contribution in [0.2, 0.25) is 0 Å². The lowest BCUT2D eigenvalue weighted by Crippen LogP contribution is -2.42. The minimum absolute atomic E-state index is 0.350. The highest BCUT2D eigenvalue weighted by atomic mass is 35.5. The summed E-state index contributed by atoms with van der Waals surface area (Å²) in [5.74, 6) is 0.350. The fourth-order valence-corrected chi connectivity index (χ4v) is 1.85. The van der Waals surface area contributed by atoms with Crippen LogP contribution in [-0.2, 0) is 0 Å². The maximum atomic E-state index is 9.35. The second-order valence-electron chi connectivity index (χ2n) is 3.65. The molecule has 0 aromatic carbocycles. The number of piperidine rings is 1. The summed E-state index contributed by atoms with van der Waals surface area (Å²) < 4.78 is 0. The maximum absolute atomic E-state index is 9.35. The van der Waals surface area contributed by atoms with Crippen molar-refractivity contribution in [1.82, 2.24) is 4.90 Å². The molecule has 1 saturated heterocycles. The Morgan fingerprint density at radius 3 is 2.92 bits per heavy atom. The van der Waals surface area contributed by atoms with Crippen molar-refractivity contribution in [3.8, 4) is 0 Å². The van der Waals surface area contributed by atoms with Crippen molar-refractivity contribution >= 4 is 11.6 Å². The Hall–Kier alpha value is 0.210. The second kappa shape index (κ2) is 5.05. The first-order valence-corrected chi connectivity index (χ1v) is 5.25. The van der Waals surface area contributed by atoms with Crippen molar-refractivity contribution in [2.45, 2.75) is 38.3 Å². The summed E-state index contributed by atoms with van der Waals surface area (Å²) in [7, 11) is 0. The number of hydrogen-bond acceptors (Lipinski definition) is 2. The molecule has 2 unspecified atom stereocenters. The van der Waals surface area contributed by atoms with Gasteiger partial charge >= 0.3 is 0 Å². The molecule has 0 radical (unpaired) electrons. The lowest BCUT2D eigenvalue weighted by Gasteiger charge is -2.34. The van der Waals surface area contributed by atoms with E-state index >= 15 is 0 Å². The van der Waals surface area contributed by atoms with Gasteiger partial charge in [-0.15, -0.1) is 11.6 Å². The third-order valence-electron chi connectivity index (χ3n) is 2.56. The van der Waals surface area contributed by atoms with E-state index in [-0.39, 0.29) is 6.10 Å². The Kier molecular flexibility index (Phi) is 4.33. The van der Waals surface area contributed by atoms with Gasteiger partial charge in [0.15, 0.2) is 0 Å². The van der Waals surface area contributed by atoms with Gasteiger partial charge in [-0.05, 0) is 26.3 Å². The molecule has 0 aromatic heterocycles. The molecule has 1 aliphatic heterocycles. The van der Waals surface area contributed by atoms with E-state index < -0.39 is 0 Å². The van der Waals surface area contributed by atoms with E-state index in [0.29, 0.717) is 11.9 Å². The molecule has 1 aliphatic rings. The monoisotopic (exact) mass is 191 g/mol. The average molecular weight is 192 g/mol. The molecule has 1 heterocycles. The van der Waals surface area contributed by atoms with Gasteiger partial charge in [0.2, 0.25) is 0 Å². The van der Waals surface area contributed by atoms with Gasteiger partial charge in [0, 0.05) is 18.5 Å². The molecule has 72 valence electrons. The largest absolute Gasteiger partial charge is 0.391 e. The third kappa shape index (κ3) is 2.92. The Labute approximate surface area is 79.5 Å². The van der Waals surface area contributed by atoms with Gasteiger partial charge in [-0.3, -0.25) is 4.90 Å². The van der Waals surface area contributed by atoms with Crippen molar-refractivity contribution < 1.29 is 5.11 Å². The van der Waals surface area contributed by atoms with Crippen LogP contribution >= 0.6 is 11.6 Å². The van der Waals surface area contributed by atoms with Crippen LogP contribution in [0.25, 0.3) is 0 Å². The van der Waals surface area contributed by atoms with Gasteiger partial charge in [0.05, 0.1) is 6.10 Å². The first kappa shape index (κ1) is 10.3. The van der Waals surface area contributed by atoms with E-state index in [9.17, 15) is 5.11 Å². The molecule has 0 amide bonds. The van der Waals surface area contributed by atoms with Crippen LogP contribution in [0.1, 0.15) is 26.2 Å². The molecule has 12 heavy (non-hydrogen) atoms. The van der Waals surface area contributed by atoms with Gasteiger partial charge in [-0.2, -0.15) is 0 Å². The lowest BCUT2D eigenvalue weighted by molar-refractivity contribution is 0.0848. The van der Waals surface area contributed by atoms with Gasteiger partial charge in [0.1, 0.15) is 0 Å². The maximum Gasteiger partial charge on any atom is 0.0802 e. The Morgan fingerprint density at radius 2 is 2.33 bits per heavy atom. The standard InChI is InChI=1S/C9H18ClNO/c1-8-4-2-3-5-11(8)7-9(12)6-10/h8-9,12H,2-7H2,1H3. The predicted octanol–water partition coefficient (Wildman–Crippen LogP) is 1.46. The molecule has 1 N–H and O–H groups in total. The highest BCUT2D eigenvalue weighted by Crippen LogP contribution is 2.16. The summed E-state index contributed by atoms with van der Waals surface area (Å²) in [6, 6.07) is 0.622. The normalized spacial score (nSPS) is 28.8. The van der Waals surface area contributed by atoms with Crippen molar-refractivity contribution in [2.75, 3.05) is 19.0 Å². The SMILES string of the molecule is CC1CCCCN1CC(O)CCl. The van der Waals surface area contributed by atoms with E-state index in [1.165, 1.54) is 19.3 Å². The van der Waals surface area contributed by atoms with E-state index in [1.807, 2.05) is 0 Å². The second-order valence-corrected chi connectivity index (χ2v) is 3.96. The molecule has 0 aromatic rings. The number of halogens is 1. The van der Waals surface area contributed by atoms with Gasteiger partial charge in [-0.25, -0.2) is 0 Å². The molecular weight excluding hydrogens is 174 g/mol. The quantitative estimate of drug-likeness (QED) is 0.683. The fourth-order valence-electron chi connectivity index (χ4n) is 1.75. The van der Waals surface area contributed by atoms with Crippen molar-refractivity contribution in [2.24, 2.45) is 0 Å². The number of likely N-dealkylation sites (tertiary alicyclic amines) is 1. The minimum Gasteiger partial charge on any atom is -0.391 e. The van der Waals surface area contributed by atoms with Crippen LogP contribution in [0.3, 0.4) is 0 Å². The zero-order valence-electron chi connectivity index (χ0n) is 7.67. The number of rotatable bonds is 3. The molecule has 0 aliphatic carbocycles. The van der Waals surface area contributed by atoms with Crippen molar-refractivity contribution in [1.29, 1.82) is 0 Å². The first-order valence-electron chi connectivity index (χ1n) is 4.72. The highest BCUT2D eigenvalue weighted by molar-refractivity contribution is 6.18. The Balaban J connectivity index is 2.28. The summed E-state index contributed by atoms with van der Waals surface area (Å²) in [6.45, 7) is 4.08. The summed E-state index contributed by atoms with van der Waals surface area (Å²) >= 11 is 5.54. The van der Waals surface area contributed by atoms with Crippen LogP contribution in [0.4, 0.5) is 0 Å². The van der Waals surface area contributed by atoms with Crippen LogP contribution in [0.5, 0.6) is 0 Å². The zero-order chi connectivity index (χ0) is 8.97. The molecule has 3 heteroatoms. The van der Waals surface area contributed by atoms with Crippen molar-refractivity contribution in [3.63, 3.8) is 0 Å². The smallest absolute Gasteiger partial charge is 0.0802 e. The van der Waals surface area contributed by atoms with Gasteiger partial charge in [-0.1, -0.05) is 6.42 Å².